The molecule has 1 atom stereocenters. The summed E-state index contributed by atoms with van der Waals surface area (Å²) in [6, 6.07) is 3.15. The Morgan fingerprint density at radius 3 is 2.42 bits per heavy atom. The first-order valence-corrected chi connectivity index (χ1v) is 14.7. The third-order valence-corrected chi connectivity index (χ3v) is 9.61. The van der Waals surface area contributed by atoms with E-state index in [1.807, 2.05) is 20.8 Å². The molecule has 1 aromatic heterocycles. The molecule has 38 heavy (non-hydrogen) atoms. The summed E-state index contributed by atoms with van der Waals surface area (Å²) < 4.78 is 55.6. The Hall–Kier alpha value is -2.81. The fourth-order valence-corrected chi connectivity index (χ4v) is 7.28. The standard InChI is InChI=1S/C27H30F2N2O5S2/c1-27(2,3)12-11-19-14-21(25(37-19)26(33)34)31-22(17-7-5-4-6-8-17)15-30(16-24(31)32)38(35,36)23-10-9-18(28)13-20(23)29/h9-10,13-14,17,22H,4-8,15-16H2,1-3H3,(H,33,34). The Morgan fingerprint density at radius 2 is 1.82 bits per heavy atom. The van der Waals surface area contributed by atoms with Crippen LogP contribution in [0.3, 0.4) is 0 Å². The van der Waals surface area contributed by atoms with Crippen LogP contribution >= 0.6 is 11.3 Å². The highest BCUT2D eigenvalue weighted by Gasteiger charge is 2.44. The lowest BCUT2D eigenvalue weighted by atomic mass is 9.82. The lowest BCUT2D eigenvalue weighted by molar-refractivity contribution is -0.121. The van der Waals surface area contributed by atoms with Gasteiger partial charge < -0.3 is 10.0 Å². The van der Waals surface area contributed by atoms with Crippen LogP contribution in [0.15, 0.2) is 29.2 Å². The Morgan fingerprint density at radius 1 is 1.13 bits per heavy atom. The number of hydrogen-bond donors (Lipinski definition) is 1. The highest BCUT2D eigenvalue weighted by atomic mass is 32.2. The van der Waals surface area contributed by atoms with Crippen LogP contribution < -0.4 is 4.90 Å². The maximum absolute atomic E-state index is 14.5. The predicted molar refractivity (Wildman–Crippen MR) is 141 cm³/mol. The molecule has 0 radical (unpaired) electrons. The number of carboxylic acid groups (broad SMARTS) is 1. The molecule has 2 heterocycles. The molecule has 4 rings (SSSR count). The first-order chi connectivity index (χ1) is 17.8. The number of anilines is 1. The second kappa shape index (κ2) is 10.8. The van der Waals surface area contributed by atoms with Gasteiger partial charge in [0, 0.05) is 18.0 Å². The van der Waals surface area contributed by atoms with Crippen molar-refractivity contribution >= 4 is 38.9 Å². The molecule has 2 aromatic rings. The Bertz CT molecular complexity index is 1410. The molecule has 1 saturated carbocycles. The molecule has 0 spiro atoms. The molecule has 1 aliphatic heterocycles. The van der Waals surface area contributed by atoms with Crippen molar-refractivity contribution in [1.29, 1.82) is 0 Å². The number of carbonyl (C=O) groups excluding carboxylic acids is 1. The maximum Gasteiger partial charge on any atom is 0.348 e. The minimum atomic E-state index is -4.46. The van der Waals surface area contributed by atoms with Crippen molar-refractivity contribution in [2.24, 2.45) is 11.3 Å². The number of thiophene rings is 1. The fourth-order valence-electron chi connectivity index (χ4n) is 4.99. The SMILES string of the molecule is CC(C)(C)C#Cc1cc(N2C(=O)CN(S(=O)(=O)c3ccc(F)cc3F)CC2C2CCCCC2)c(C(=O)O)s1. The Balaban J connectivity index is 1.77. The van der Waals surface area contributed by atoms with Crippen LogP contribution in [0.4, 0.5) is 14.5 Å². The zero-order chi connectivity index (χ0) is 27.8. The lowest BCUT2D eigenvalue weighted by Crippen LogP contribution is -2.60. The average Bonchev–Trinajstić information content (AvgIpc) is 3.26. The minimum Gasteiger partial charge on any atom is -0.477 e. The van der Waals surface area contributed by atoms with Gasteiger partial charge in [-0.1, -0.05) is 31.1 Å². The topological polar surface area (TPSA) is 95.0 Å². The van der Waals surface area contributed by atoms with Crippen LogP contribution in [0.5, 0.6) is 0 Å². The molecule has 204 valence electrons. The van der Waals surface area contributed by atoms with Crippen LogP contribution in [0.1, 0.15) is 67.4 Å². The molecule has 1 aromatic carbocycles. The third kappa shape index (κ3) is 5.92. The second-order valence-corrected chi connectivity index (χ2v) is 13.7. The van der Waals surface area contributed by atoms with Crippen molar-refractivity contribution in [3.8, 4) is 11.8 Å². The summed E-state index contributed by atoms with van der Waals surface area (Å²) in [6.45, 7) is 5.06. The zero-order valence-electron chi connectivity index (χ0n) is 21.5. The Labute approximate surface area is 225 Å². The van der Waals surface area contributed by atoms with E-state index in [1.165, 1.54) is 4.90 Å². The van der Waals surface area contributed by atoms with E-state index in [4.69, 9.17) is 0 Å². The van der Waals surface area contributed by atoms with Crippen molar-refractivity contribution in [2.75, 3.05) is 18.0 Å². The van der Waals surface area contributed by atoms with Gasteiger partial charge in [0.15, 0.2) is 0 Å². The number of carbonyl (C=O) groups is 2. The largest absolute Gasteiger partial charge is 0.477 e. The summed E-state index contributed by atoms with van der Waals surface area (Å²) in [4.78, 5) is 27.0. The van der Waals surface area contributed by atoms with E-state index in [-0.39, 0.29) is 28.4 Å². The van der Waals surface area contributed by atoms with Gasteiger partial charge in [0.2, 0.25) is 15.9 Å². The summed E-state index contributed by atoms with van der Waals surface area (Å²) in [7, 11) is -4.46. The van der Waals surface area contributed by atoms with Gasteiger partial charge in [-0.15, -0.1) is 11.3 Å². The number of piperazine rings is 1. The number of hydrogen-bond acceptors (Lipinski definition) is 5. The number of rotatable bonds is 5. The summed E-state index contributed by atoms with van der Waals surface area (Å²) in [5.74, 6) is 2.05. The maximum atomic E-state index is 14.5. The van der Waals surface area contributed by atoms with Crippen LogP contribution in [0, 0.1) is 34.8 Å². The van der Waals surface area contributed by atoms with E-state index in [0.717, 1.165) is 59.9 Å². The first-order valence-electron chi connectivity index (χ1n) is 12.5. The van der Waals surface area contributed by atoms with Gasteiger partial charge in [0.25, 0.3) is 0 Å². The summed E-state index contributed by atoms with van der Waals surface area (Å²) in [6.07, 6.45) is 4.32. The molecule has 2 fully saturated rings. The van der Waals surface area contributed by atoms with Crippen molar-refractivity contribution < 1.29 is 31.9 Å². The number of halogens is 2. The number of amides is 1. The summed E-state index contributed by atoms with van der Waals surface area (Å²) in [5, 5.41) is 9.95. The number of aromatic carboxylic acids is 1. The van der Waals surface area contributed by atoms with E-state index >= 15 is 0 Å². The summed E-state index contributed by atoms with van der Waals surface area (Å²) in [5.41, 5.74) is -0.116. The number of nitrogens with zero attached hydrogens (tertiary/aromatic N) is 2. The van der Waals surface area contributed by atoms with Crippen LogP contribution in [-0.4, -0.2) is 48.8 Å². The molecule has 1 saturated heterocycles. The van der Waals surface area contributed by atoms with E-state index < -0.39 is 51.0 Å². The summed E-state index contributed by atoms with van der Waals surface area (Å²) >= 11 is 0.975. The van der Waals surface area contributed by atoms with Gasteiger partial charge in [-0.05, 0) is 57.7 Å². The lowest BCUT2D eigenvalue weighted by Gasteiger charge is -2.44. The quantitative estimate of drug-likeness (QED) is 0.510. The predicted octanol–water partition coefficient (Wildman–Crippen LogP) is 5.11. The van der Waals surface area contributed by atoms with Crippen LogP contribution in [-0.2, 0) is 14.8 Å². The van der Waals surface area contributed by atoms with Crippen LogP contribution in [0.2, 0.25) is 0 Å². The van der Waals surface area contributed by atoms with Crippen LogP contribution in [0.25, 0.3) is 0 Å². The van der Waals surface area contributed by atoms with Crippen molar-refractivity contribution in [2.45, 2.75) is 63.8 Å². The van der Waals surface area contributed by atoms with E-state index in [1.54, 1.807) is 6.07 Å². The van der Waals surface area contributed by atoms with Gasteiger partial charge >= 0.3 is 5.97 Å². The Kier molecular flexibility index (Phi) is 7.98. The highest BCUT2D eigenvalue weighted by Crippen LogP contribution is 2.39. The third-order valence-electron chi connectivity index (χ3n) is 6.74. The van der Waals surface area contributed by atoms with Gasteiger partial charge in [-0.3, -0.25) is 4.79 Å². The highest BCUT2D eigenvalue weighted by molar-refractivity contribution is 7.89. The molecule has 1 aliphatic carbocycles. The van der Waals surface area contributed by atoms with E-state index in [9.17, 15) is 31.9 Å². The van der Waals surface area contributed by atoms with Crippen molar-refractivity contribution in [3.05, 3.63) is 45.7 Å². The molecule has 1 N–H and O–H groups in total. The fraction of sp³-hybridized carbons (Fsp3) is 0.481. The molecular weight excluding hydrogens is 534 g/mol. The molecular formula is C27H30F2N2O5S2. The zero-order valence-corrected chi connectivity index (χ0v) is 23.1. The van der Waals surface area contributed by atoms with Crippen molar-refractivity contribution in [3.63, 3.8) is 0 Å². The van der Waals surface area contributed by atoms with E-state index in [2.05, 4.69) is 11.8 Å². The number of benzene rings is 1. The molecule has 2 aliphatic rings. The van der Waals surface area contributed by atoms with Crippen molar-refractivity contribution in [1.82, 2.24) is 4.31 Å². The van der Waals surface area contributed by atoms with E-state index in [0.29, 0.717) is 10.9 Å². The molecule has 0 bridgehead atoms. The number of carboxylic acids is 1. The monoisotopic (exact) mass is 564 g/mol. The molecule has 7 nitrogen and oxygen atoms in total. The number of sulfonamides is 1. The minimum absolute atomic E-state index is 0.0433. The average molecular weight is 565 g/mol. The first kappa shape index (κ1) is 28.2. The molecule has 1 unspecified atom stereocenters. The van der Waals surface area contributed by atoms with Gasteiger partial charge in [-0.25, -0.2) is 22.0 Å². The second-order valence-electron chi connectivity index (χ2n) is 10.7. The molecule has 11 heteroatoms. The molecule has 1 amide bonds. The normalized spacial score (nSPS) is 19.8. The van der Waals surface area contributed by atoms with Gasteiger partial charge in [0.1, 0.15) is 21.4 Å². The van der Waals surface area contributed by atoms with Gasteiger partial charge in [-0.2, -0.15) is 4.31 Å². The smallest absolute Gasteiger partial charge is 0.348 e. The van der Waals surface area contributed by atoms with Gasteiger partial charge in [0.05, 0.1) is 23.2 Å².